The van der Waals surface area contributed by atoms with E-state index in [9.17, 15) is 4.79 Å². The Kier molecular flexibility index (Phi) is 4.87. The van der Waals surface area contributed by atoms with Crippen LogP contribution < -0.4 is 5.32 Å². The predicted octanol–water partition coefficient (Wildman–Crippen LogP) is 3.07. The zero-order valence-corrected chi connectivity index (χ0v) is 12.1. The Bertz CT molecular complexity index is 553. The number of rotatable bonds is 5. The topological polar surface area (TPSA) is 54.9 Å². The minimum absolute atomic E-state index is 0.117. The van der Waals surface area contributed by atoms with E-state index in [0.29, 0.717) is 16.4 Å². The molecular formula is C13H14ClN3OS. The van der Waals surface area contributed by atoms with Crippen molar-refractivity contribution in [1.29, 1.82) is 0 Å². The van der Waals surface area contributed by atoms with Crippen LogP contribution in [-0.2, 0) is 13.0 Å². The third kappa shape index (κ3) is 3.75. The maximum absolute atomic E-state index is 12.0. The monoisotopic (exact) mass is 295 g/mol. The summed E-state index contributed by atoms with van der Waals surface area (Å²) >= 11 is 6.95. The first-order valence-electron chi connectivity index (χ1n) is 6.04. The fraction of sp³-hybridized carbons (Fsp3) is 0.308. The summed E-state index contributed by atoms with van der Waals surface area (Å²) < 4.78 is 3.84. The fourth-order valence-corrected chi connectivity index (χ4v) is 2.40. The lowest BCUT2D eigenvalue weighted by molar-refractivity contribution is 0.0954. The van der Waals surface area contributed by atoms with Gasteiger partial charge in [0.2, 0.25) is 0 Å². The van der Waals surface area contributed by atoms with E-state index in [-0.39, 0.29) is 5.91 Å². The van der Waals surface area contributed by atoms with Gasteiger partial charge in [0.25, 0.3) is 5.91 Å². The number of amides is 1. The van der Waals surface area contributed by atoms with E-state index in [1.807, 2.05) is 12.1 Å². The van der Waals surface area contributed by atoms with E-state index in [2.05, 4.69) is 21.8 Å². The molecule has 0 spiro atoms. The highest BCUT2D eigenvalue weighted by molar-refractivity contribution is 7.08. The number of nitrogens with zero attached hydrogens (tertiary/aromatic N) is 2. The third-order valence-corrected chi connectivity index (χ3v) is 3.63. The average molecular weight is 296 g/mol. The summed E-state index contributed by atoms with van der Waals surface area (Å²) in [6, 6.07) is 7.39. The Morgan fingerprint density at radius 3 is 2.79 bits per heavy atom. The molecule has 100 valence electrons. The van der Waals surface area contributed by atoms with Gasteiger partial charge in [0.15, 0.2) is 0 Å². The molecule has 0 atom stereocenters. The van der Waals surface area contributed by atoms with Gasteiger partial charge in [-0.2, -0.15) is 0 Å². The number of aryl methyl sites for hydroxylation is 1. The van der Waals surface area contributed by atoms with E-state index >= 15 is 0 Å². The molecule has 0 radical (unpaired) electrons. The van der Waals surface area contributed by atoms with E-state index in [4.69, 9.17) is 11.6 Å². The largest absolute Gasteiger partial charge is 0.347 e. The molecule has 1 heterocycles. The molecule has 2 rings (SSSR count). The molecule has 6 heteroatoms. The van der Waals surface area contributed by atoms with Crippen molar-refractivity contribution in [3.63, 3.8) is 0 Å². The Labute approximate surface area is 121 Å². The first kappa shape index (κ1) is 14.0. The van der Waals surface area contributed by atoms with Gasteiger partial charge in [-0.05, 0) is 35.6 Å². The molecule has 0 bridgehead atoms. The molecule has 0 saturated carbocycles. The Morgan fingerprint density at radius 2 is 2.11 bits per heavy atom. The molecular weight excluding hydrogens is 282 g/mol. The Morgan fingerprint density at radius 1 is 1.37 bits per heavy atom. The van der Waals surface area contributed by atoms with Crippen molar-refractivity contribution in [2.45, 2.75) is 26.3 Å². The minimum atomic E-state index is -0.117. The minimum Gasteiger partial charge on any atom is -0.347 e. The first-order chi connectivity index (χ1) is 9.20. The number of aromatic nitrogens is 2. The number of hydrogen-bond donors (Lipinski definition) is 1. The van der Waals surface area contributed by atoms with Gasteiger partial charge in [-0.15, -0.1) is 5.10 Å². The molecule has 0 unspecified atom stereocenters. The SMILES string of the molecule is CCCc1nnsc1C(=O)NCc1ccc(Cl)cc1. The Balaban J connectivity index is 1.97. The van der Waals surface area contributed by atoms with Crippen molar-refractivity contribution in [1.82, 2.24) is 14.9 Å². The van der Waals surface area contributed by atoms with Crippen LogP contribution in [0.1, 0.15) is 34.3 Å². The van der Waals surface area contributed by atoms with Crippen LogP contribution in [0.25, 0.3) is 0 Å². The lowest BCUT2D eigenvalue weighted by Gasteiger charge is -2.04. The van der Waals surface area contributed by atoms with Crippen LogP contribution in [0, 0.1) is 0 Å². The zero-order chi connectivity index (χ0) is 13.7. The second-order valence-electron chi connectivity index (χ2n) is 4.11. The van der Waals surface area contributed by atoms with Crippen LogP contribution in [0.15, 0.2) is 24.3 Å². The van der Waals surface area contributed by atoms with Crippen molar-refractivity contribution >= 4 is 29.0 Å². The molecule has 1 aromatic heterocycles. The van der Waals surface area contributed by atoms with Crippen LogP contribution in [0.2, 0.25) is 5.02 Å². The van der Waals surface area contributed by atoms with Crippen molar-refractivity contribution in [3.8, 4) is 0 Å². The lowest BCUT2D eigenvalue weighted by Crippen LogP contribution is -2.22. The zero-order valence-electron chi connectivity index (χ0n) is 10.5. The maximum Gasteiger partial charge on any atom is 0.265 e. The quantitative estimate of drug-likeness (QED) is 0.922. The number of halogens is 1. The van der Waals surface area contributed by atoms with Gasteiger partial charge in [-0.1, -0.05) is 41.6 Å². The van der Waals surface area contributed by atoms with E-state index in [0.717, 1.165) is 35.6 Å². The molecule has 19 heavy (non-hydrogen) atoms. The molecule has 1 aromatic carbocycles. The second kappa shape index (κ2) is 6.63. The summed E-state index contributed by atoms with van der Waals surface area (Å²) in [6.45, 7) is 2.52. The fourth-order valence-electron chi connectivity index (χ4n) is 1.65. The highest BCUT2D eigenvalue weighted by Crippen LogP contribution is 2.13. The molecule has 0 aliphatic heterocycles. The number of carbonyl (C=O) groups is 1. The van der Waals surface area contributed by atoms with E-state index in [1.54, 1.807) is 12.1 Å². The van der Waals surface area contributed by atoms with E-state index in [1.165, 1.54) is 0 Å². The van der Waals surface area contributed by atoms with Gasteiger partial charge in [-0.25, -0.2) is 0 Å². The number of hydrogen-bond acceptors (Lipinski definition) is 4. The number of nitrogens with one attached hydrogen (secondary N) is 1. The predicted molar refractivity (Wildman–Crippen MR) is 76.5 cm³/mol. The lowest BCUT2D eigenvalue weighted by atomic mass is 10.2. The summed E-state index contributed by atoms with van der Waals surface area (Å²) in [5.41, 5.74) is 1.79. The number of carbonyl (C=O) groups excluding carboxylic acids is 1. The summed E-state index contributed by atoms with van der Waals surface area (Å²) in [7, 11) is 0. The highest BCUT2D eigenvalue weighted by atomic mass is 35.5. The third-order valence-electron chi connectivity index (χ3n) is 2.62. The van der Waals surface area contributed by atoms with Crippen LogP contribution in [0.4, 0.5) is 0 Å². The van der Waals surface area contributed by atoms with Crippen molar-refractivity contribution in [3.05, 3.63) is 45.4 Å². The molecule has 1 N–H and O–H groups in total. The summed E-state index contributed by atoms with van der Waals surface area (Å²) in [6.07, 6.45) is 1.73. The van der Waals surface area contributed by atoms with Crippen LogP contribution in [0.3, 0.4) is 0 Å². The standard InChI is InChI=1S/C13H14ClN3OS/c1-2-3-11-12(19-17-16-11)13(18)15-8-9-4-6-10(14)7-5-9/h4-7H,2-3,8H2,1H3,(H,15,18). The molecule has 0 fully saturated rings. The van der Waals surface area contributed by atoms with Crippen molar-refractivity contribution < 1.29 is 4.79 Å². The van der Waals surface area contributed by atoms with Gasteiger partial charge in [0, 0.05) is 11.6 Å². The van der Waals surface area contributed by atoms with Gasteiger partial charge < -0.3 is 5.32 Å². The van der Waals surface area contributed by atoms with Crippen molar-refractivity contribution in [2.75, 3.05) is 0 Å². The van der Waals surface area contributed by atoms with Crippen LogP contribution in [-0.4, -0.2) is 15.5 Å². The van der Waals surface area contributed by atoms with Gasteiger partial charge in [0.05, 0.1) is 5.69 Å². The van der Waals surface area contributed by atoms with Crippen LogP contribution >= 0.6 is 23.1 Å². The molecule has 2 aromatic rings. The number of benzene rings is 1. The maximum atomic E-state index is 12.0. The van der Waals surface area contributed by atoms with E-state index < -0.39 is 0 Å². The molecule has 0 saturated heterocycles. The molecule has 0 aliphatic rings. The van der Waals surface area contributed by atoms with Crippen LogP contribution in [0.5, 0.6) is 0 Å². The molecule has 4 nitrogen and oxygen atoms in total. The smallest absolute Gasteiger partial charge is 0.265 e. The van der Waals surface area contributed by atoms with Crippen molar-refractivity contribution in [2.24, 2.45) is 0 Å². The van der Waals surface area contributed by atoms with Gasteiger partial charge in [-0.3, -0.25) is 4.79 Å². The summed E-state index contributed by atoms with van der Waals surface area (Å²) in [5, 5.41) is 7.54. The summed E-state index contributed by atoms with van der Waals surface area (Å²) in [5.74, 6) is -0.117. The molecule has 0 aliphatic carbocycles. The van der Waals surface area contributed by atoms with Gasteiger partial charge in [0.1, 0.15) is 4.88 Å². The average Bonchev–Trinajstić information content (AvgIpc) is 2.86. The van der Waals surface area contributed by atoms with Gasteiger partial charge >= 0.3 is 0 Å². The normalized spacial score (nSPS) is 10.4. The second-order valence-corrected chi connectivity index (χ2v) is 5.30. The highest BCUT2D eigenvalue weighted by Gasteiger charge is 2.15. The summed E-state index contributed by atoms with van der Waals surface area (Å²) in [4.78, 5) is 12.6. The Hall–Kier alpha value is -1.46. The molecule has 1 amide bonds. The first-order valence-corrected chi connectivity index (χ1v) is 7.19.